The molecule has 25 heavy (non-hydrogen) atoms. The van der Waals surface area contributed by atoms with Crippen molar-refractivity contribution in [3.8, 4) is 0 Å². The number of hydrogen-bond acceptors (Lipinski definition) is 4. The van der Waals surface area contributed by atoms with E-state index in [0.29, 0.717) is 22.8 Å². The van der Waals surface area contributed by atoms with Crippen LogP contribution in [0, 0.1) is 0 Å². The number of benzene rings is 1. The van der Waals surface area contributed by atoms with E-state index in [1.807, 2.05) is 11.0 Å². The predicted octanol–water partition coefficient (Wildman–Crippen LogP) is 2.60. The van der Waals surface area contributed by atoms with Gasteiger partial charge in [0.15, 0.2) is 5.65 Å². The van der Waals surface area contributed by atoms with Crippen LogP contribution >= 0.6 is 0 Å². The topological polar surface area (TPSA) is 63.9 Å². The third-order valence-electron chi connectivity index (χ3n) is 4.93. The first-order chi connectivity index (χ1) is 12.2. The maximum Gasteiger partial charge on any atom is 0.255 e. The number of hydrogen-bond donors (Lipinski definition) is 0. The minimum Gasteiger partial charge on any atom is -0.336 e. The summed E-state index contributed by atoms with van der Waals surface area (Å²) in [5, 5.41) is 8.01. The standard InChI is InChI=1S/C19H21N5O/c1-23-18-17(21-22-23)12-15(13-20-18)19(25)24-11-5-8-16(24)10-9-14-6-3-2-4-7-14/h2-4,6-7,12-13,16H,5,8-11H2,1H3. The number of rotatable bonds is 4. The van der Waals surface area contributed by atoms with Crippen LogP contribution in [0.2, 0.25) is 0 Å². The molecule has 1 aliphatic rings. The van der Waals surface area contributed by atoms with Gasteiger partial charge in [-0.25, -0.2) is 9.67 Å². The zero-order valence-corrected chi connectivity index (χ0v) is 14.3. The van der Waals surface area contributed by atoms with Crippen molar-refractivity contribution in [2.45, 2.75) is 31.7 Å². The summed E-state index contributed by atoms with van der Waals surface area (Å²) in [5.41, 5.74) is 3.27. The summed E-state index contributed by atoms with van der Waals surface area (Å²) in [6, 6.07) is 12.5. The molecule has 1 unspecified atom stereocenters. The van der Waals surface area contributed by atoms with E-state index in [4.69, 9.17) is 0 Å². The second-order valence-electron chi connectivity index (χ2n) is 6.60. The molecular formula is C19H21N5O. The van der Waals surface area contributed by atoms with Crippen molar-refractivity contribution in [2.75, 3.05) is 6.54 Å². The molecule has 0 aliphatic carbocycles. The Hall–Kier alpha value is -2.76. The van der Waals surface area contributed by atoms with Crippen LogP contribution in [0.25, 0.3) is 11.2 Å². The fourth-order valence-corrected chi connectivity index (χ4v) is 3.59. The highest BCUT2D eigenvalue weighted by molar-refractivity contribution is 5.96. The number of carbonyl (C=O) groups excluding carboxylic acids is 1. The summed E-state index contributed by atoms with van der Waals surface area (Å²) < 4.78 is 1.61. The van der Waals surface area contributed by atoms with Gasteiger partial charge in [-0.2, -0.15) is 0 Å². The highest BCUT2D eigenvalue weighted by Crippen LogP contribution is 2.24. The Kier molecular flexibility index (Phi) is 4.17. The van der Waals surface area contributed by atoms with Gasteiger partial charge in [-0.3, -0.25) is 4.79 Å². The van der Waals surface area contributed by atoms with Crippen molar-refractivity contribution in [1.29, 1.82) is 0 Å². The van der Waals surface area contributed by atoms with Crippen LogP contribution in [0.15, 0.2) is 42.6 Å². The van der Waals surface area contributed by atoms with Crippen molar-refractivity contribution in [1.82, 2.24) is 24.9 Å². The van der Waals surface area contributed by atoms with Gasteiger partial charge in [0, 0.05) is 25.8 Å². The van der Waals surface area contributed by atoms with Crippen molar-refractivity contribution in [3.05, 3.63) is 53.7 Å². The molecule has 0 spiro atoms. The van der Waals surface area contributed by atoms with Gasteiger partial charge in [0.25, 0.3) is 5.91 Å². The van der Waals surface area contributed by atoms with E-state index in [2.05, 4.69) is 39.6 Å². The fraction of sp³-hybridized carbons (Fsp3) is 0.368. The lowest BCUT2D eigenvalue weighted by molar-refractivity contribution is 0.0730. The second-order valence-corrected chi connectivity index (χ2v) is 6.60. The molecule has 128 valence electrons. The zero-order chi connectivity index (χ0) is 17.2. The molecule has 1 amide bonds. The lowest BCUT2D eigenvalue weighted by Gasteiger charge is -2.24. The molecule has 4 rings (SSSR count). The first-order valence-electron chi connectivity index (χ1n) is 8.73. The molecule has 1 fully saturated rings. The summed E-state index contributed by atoms with van der Waals surface area (Å²) in [6.07, 6.45) is 5.76. The van der Waals surface area contributed by atoms with Crippen LogP contribution in [0.1, 0.15) is 35.2 Å². The van der Waals surface area contributed by atoms with Crippen molar-refractivity contribution in [3.63, 3.8) is 0 Å². The van der Waals surface area contributed by atoms with Crippen LogP contribution < -0.4 is 0 Å². The Morgan fingerprint density at radius 1 is 1.28 bits per heavy atom. The van der Waals surface area contributed by atoms with Crippen LogP contribution in [-0.2, 0) is 13.5 Å². The van der Waals surface area contributed by atoms with E-state index < -0.39 is 0 Å². The number of amides is 1. The molecule has 0 N–H and O–H groups in total. The molecule has 2 aromatic heterocycles. The summed E-state index contributed by atoms with van der Waals surface area (Å²) in [7, 11) is 1.80. The normalized spacial score (nSPS) is 17.3. The van der Waals surface area contributed by atoms with Crippen LogP contribution in [0.5, 0.6) is 0 Å². The number of aromatic nitrogens is 4. The summed E-state index contributed by atoms with van der Waals surface area (Å²) in [5.74, 6) is 0.0515. The van der Waals surface area contributed by atoms with Crippen LogP contribution in [0.4, 0.5) is 0 Å². The number of carbonyl (C=O) groups is 1. The predicted molar refractivity (Wildman–Crippen MR) is 95.1 cm³/mol. The largest absolute Gasteiger partial charge is 0.336 e. The van der Waals surface area contributed by atoms with Gasteiger partial charge < -0.3 is 4.90 Å². The van der Waals surface area contributed by atoms with Crippen molar-refractivity contribution < 1.29 is 4.79 Å². The molecular weight excluding hydrogens is 314 g/mol. The summed E-state index contributed by atoms with van der Waals surface area (Å²) >= 11 is 0. The Bertz CT molecular complexity index is 889. The smallest absolute Gasteiger partial charge is 0.255 e. The summed E-state index contributed by atoms with van der Waals surface area (Å²) in [4.78, 5) is 19.3. The average Bonchev–Trinajstić information content (AvgIpc) is 3.27. The molecule has 6 nitrogen and oxygen atoms in total. The fourth-order valence-electron chi connectivity index (χ4n) is 3.59. The molecule has 1 aliphatic heterocycles. The maximum atomic E-state index is 13.0. The molecule has 1 atom stereocenters. The first kappa shape index (κ1) is 15.7. The SMILES string of the molecule is Cn1nnc2cc(C(=O)N3CCCC3CCc3ccccc3)cnc21. The van der Waals surface area contributed by atoms with E-state index >= 15 is 0 Å². The van der Waals surface area contributed by atoms with Crippen molar-refractivity contribution in [2.24, 2.45) is 7.05 Å². The maximum absolute atomic E-state index is 13.0. The molecule has 0 radical (unpaired) electrons. The monoisotopic (exact) mass is 335 g/mol. The third kappa shape index (κ3) is 3.12. The minimum atomic E-state index is 0.0515. The Morgan fingerprint density at radius 2 is 2.12 bits per heavy atom. The molecule has 6 heteroatoms. The van der Waals surface area contributed by atoms with Crippen LogP contribution in [0.3, 0.4) is 0 Å². The Balaban J connectivity index is 1.49. The number of fused-ring (bicyclic) bond motifs is 1. The van der Waals surface area contributed by atoms with Gasteiger partial charge in [-0.15, -0.1) is 5.10 Å². The molecule has 1 saturated heterocycles. The van der Waals surface area contributed by atoms with Gasteiger partial charge in [-0.1, -0.05) is 35.5 Å². The number of pyridine rings is 1. The quantitative estimate of drug-likeness (QED) is 0.735. The lowest BCUT2D eigenvalue weighted by Crippen LogP contribution is -2.35. The molecule has 3 aromatic rings. The lowest BCUT2D eigenvalue weighted by atomic mass is 10.0. The van der Waals surface area contributed by atoms with E-state index in [1.54, 1.807) is 24.0 Å². The van der Waals surface area contributed by atoms with E-state index in [9.17, 15) is 4.79 Å². The first-order valence-corrected chi connectivity index (χ1v) is 8.73. The second kappa shape index (κ2) is 6.63. The Labute approximate surface area is 146 Å². The van der Waals surface area contributed by atoms with E-state index in [1.165, 1.54) is 5.56 Å². The van der Waals surface area contributed by atoms with Crippen molar-refractivity contribution >= 4 is 17.1 Å². The number of nitrogens with zero attached hydrogens (tertiary/aromatic N) is 5. The molecule has 3 heterocycles. The minimum absolute atomic E-state index is 0.0515. The van der Waals surface area contributed by atoms with Gasteiger partial charge >= 0.3 is 0 Å². The number of aryl methyl sites for hydroxylation is 2. The molecule has 0 bridgehead atoms. The number of likely N-dealkylation sites (tertiary alicyclic amines) is 1. The molecule has 1 aromatic carbocycles. The Morgan fingerprint density at radius 3 is 2.96 bits per heavy atom. The zero-order valence-electron chi connectivity index (χ0n) is 14.3. The highest BCUT2D eigenvalue weighted by Gasteiger charge is 2.29. The third-order valence-corrected chi connectivity index (χ3v) is 4.93. The van der Waals surface area contributed by atoms with Crippen LogP contribution in [-0.4, -0.2) is 43.4 Å². The van der Waals surface area contributed by atoms with Gasteiger partial charge in [0.05, 0.1) is 5.56 Å². The van der Waals surface area contributed by atoms with E-state index in [0.717, 1.165) is 32.2 Å². The highest BCUT2D eigenvalue weighted by atomic mass is 16.2. The van der Waals surface area contributed by atoms with Gasteiger partial charge in [-0.05, 0) is 37.3 Å². The van der Waals surface area contributed by atoms with Gasteiger partial charge in [0.1, 0.15) is 5.52 Å². The van der Waals surface area contributed by atoms with Gasteiger partial charge in [0.2, 0.25) is 0 Å². The summed E-state index contributed by atoms with van der Waals surface area (Å²) in [6.45, 7) is 0.816. The van der Waals surface area contributed by atoms with E-state index in [-0.39, 0.29) is 5.91 Å². The average molecular weight is 335 g/mol. The molecule has 0 saturated carbocycles.